The van der Waals surface area contributed by atoms with Gasteiger partial charge in [0, 0.05) is 24.3 Å². The average Bonchev–Trinajstić information content (AvgIpc) is 3.15. The quantitative estimate of drug-likeness (QED) is 0.735. The lowest BCUT2D eigenvalue weighted by Crippen LogP contribution is -2.30. The predicted molar refractivity (Wildman–Crippen MR) is 87.3 cm³/mol. The van der Waals surface area contributed by atoms with Crippen molar-refractivity contribution >= 4 is 0 Å². The summed E-state index contributed by atoms with van der Waals surface area (Å²) in [4.78, 5) is 0. The maximum atomic E-state index is 4.32. The van der Waals surface area contributed by atoms with E-state index in [4.69, 9.17) is 0 Å². The van der Waals surface area contributed by atoms with Gasteiger partial charge in [-0.2, -0.15) is 10.2 Å². The maximum Gasteiger partial charge on any atom is 0.0695 e. The summed E-state index contributed by atoms with van der Waals surface area (Å²) in [5, 5.41) is 15.1. The fourth-order valence-corrected chi connectivity index (χ4v) is 2.50. The third-order valence-corrected chi connectivity index (χ3v) is 3.64. The van der Waals surface area contributed by atoms with Crippen LogP contribution in [0.25, 0.3) is 11.3 Å². The van der Waals surface area contributed by atoms with Crippen LogP contribution in [0.2, 0.25) is 0 Å². The smallest absolute Gasteiger partial charge is 0.0695 e. The zero-order chi connectivity index (χ0) is 15.4. The molecule has 0 spiro atoms. The Morgan fingerprint density at radius 3 is 2.77 bits per heavy atom. The number of nitrogens with one attached hydrogen (secondary N) is 2. The van der Waals surface area contributed by atoms with E-state index in [0.29, 0.717) is 6.04 Å². The lowest BCUT2D eigenvalue weighted by atomic mass is 10.1. The number of H-pyrrole nitrogens is 1. The first kappa shape index (κ1) is 14.5. The Morgan fingerprint density at radius 1 is 1.23 bits per heavy atom. The summed E-state index contributed by atoms with van der Waals surface area (Å²) in [5.41, 5.74) is 4.60. The predicted octanol–water partition coefficient (Wildman–Crippen LogP) is 2.76. The van der Waals surface area contributed by atoms with Crippen molar-refractivity contribution in [1.82, 2.24) is 25.3 Å². The SMILES string of the molecule is Cc1cnn(CC(C)NCc2cn[nH]c2-c2ccccc2)c1. The van der Waals surface area contributed by atoms with Crippen LogP contribution >= 0.6 is 0 Å². The zero-order valence-corrected chi connectivity index (χ0v) is 13.0. The minimum atomic E-state index is 0.331. The third kappa shape index (κ3) is 3.43. The van der Waals surface area contributed by atoms with Crippen molar-refractivity contribution < 1.29 is 0 Å². The van der Waals surface area contributed by atoms with E-state index in [1.807, 2.05) is 35.3 Å². The first-order chi connectivity index (χ1) is 10.7. The third-order valence-electron chi connectivity index (χ3n) is 3.64. The second-order valence-electron chi connectivity index (χ2n) is 5.66. The van der Waals surface area contributed by atoms with Crippen LogP contribution < -0.4 is 5.32 Å². The lowest BCUT2D eigenvalue weighted by Gasteiger charge is -2.14. The molecule has 0 radical (unpaired) electrons. The van der Waals surface area contributed by atoms with E-state index >= 15 is 0 Å². The average molecular weight is 295 g/mol. The van der Waals surface area contributed by atoms with E-state index in [1.165, 1.54) is 11.1 Å². The number of aryl methyl sites for hydroxylation is 1. The Balaban J connectivity index is 1.61. The number of hydrogen-bond donors (Lipinski definition) is 2. The van der Waals surface area contributed by atoms with Crippen molar-refractivity contribution in [3.63, 3.8) is 0 Å². The van der Waals surface area contributed by atoms with Gasteiger partial charge in [0.15, 0.2) is 0 Å². The molecule has 3 rings (SSSR count). The fourth-order valence-electron chi connectivity index (χ4n) is 2.50. The molecule has 3 aromatic rings. The molecule has 114 valence electrons. The second-order valence-corrected chi connectivity index (χ2v) is 5.66. The van der Waals surface area contributed by atoms with E-state index in [2.05, 4.69) is 52.8 Å². The van der Waals surface area contributed by atoms with E-state index in [0.717, 1.165) is 24.3 Å². The van der Waals surface area contributed by atoms with Gasteiger partial charge >= 0.3 is 0 Å². The largest absolute Gasteiger partial charge is 0.308 e. The van der Waals surface area contributed by atoms with Gasteiger partial charge in [0.25, 0.3) is 0 Å². The topological polar surface area (TPSA) is 58.5 Å². The minimum Gasteiger partial charge on any atom is -0.308 e. The first-order valence-corrected chi connectivity index (χ1v) is 7.52. The summed E-state index contributed by atoms with van der Waals surface area (Å²) < 4.78 is 1.97. The Kier molecular flexibility index (Phi) is 4.34. The molecule has 0 saturated carbocycles. The molecule has 0 aliphatic heterocycles. The Morgan fingerprint density at radius 2 is 2.05 bits per heavy atom. The van der Waals surface area contributed by atoms with E-state index in [9.17, 15) is 0 Å². The van der Waals surface area contributed by atoms with Crippen LogP contribution in [0.1, 0.15) is 18.1 Å². The molecule has 5 heteroatoms. The fraction of sp³-hybridized carbons (Fsp3) is 0.294. The highest BCUT2D eigenvalue weighted by molar-refractivity contribution is 5.62. The summed E-state index contributed by atoms with van der Waals surface area (Å²) in [5.74, 6) is 0. The molecular formula is C17H21N5. The maximum absolute atomic E-state index is 4.32. The lowest BCUT2D eigenvalue weighted by molar-refractivity contribution is 0.451. The monoisotopic (exact) mass is 295 g/mol. The molecule has 22 heavy (non-hydrogen) atoms. The Bertz CT molecular complexity index is 713. The molecule has 0 amide bonds. The minimum absolute atomic E-state index is 0.331. The summed E-state index contributed by atoms with van der Waals surface area (Å²) in [7, 11) is 0. The highest BCUT2D eigenvalue weighted by atomic mass is 15.3. The molecule has 1 aromatic carbocycles. The van der Waals surface area contributed by atoms with Gasteiger partial charge in [-0.1, -0.05) is 30.3 Å². The van der Waals surface area contributed by atoms with Crippen LogP contribution in [-0.4, -0.2) is 26.0 Å². The normalized spacial score (nSPS) is 12.5. The van der Waals surface area contributed by atoms with Crippen LogP contribution in [0.5, 0.6) is 0 Å². The van der Waals surface area contributed by atoms with Gasteiger partial charge < -0.3 is 5.32 Å². The van der Waals surface area contributed by atoms with Gasteiger partial charge in [0.1, 0.15) is 0 Å². The van der Waals surface area contributed by atoms with Crippen LogP contribution in [0.15, 0.2) is 48.9 Å². The van der Waals surface area contributed by atoms with E-state index in [-0.39, 0.29) is 0 Å². The molecule has 2 aromatic heterocycles. The number of nitrogens with zero attached hydrogens (tertiary/aromatic N) is 3. The molecule has 5 nitrogen and oxygen atoms in total. The number of hydrogen-bond acceptors (Lipinski definition) is 3. The van der Waals surface area contributed by atoms with Gasteiger partial charge in [0.05, 0.1) is 24.6 Å². The van der Waals surface area contributed by atoms with Gasteiger partial charge in [0.2, 0.25) is 0 Å². The molecule has 0 fully saturated rings. The summed E-state index contributed by atoms with van der Waals surface area (Å²) in [6.07, 6.45) is 5.84. The van der Waals surface area contributed by atoms with Gasteiger partial charge in [-0.25, -0.2) is 0 Å². The zero-order valence-electron chi connectivity index (χ0n) is 13.0. The molecular weight excluding hydrogens is 274 g/mol. The van der Waals surface area contributed by atoms with Crippen LogP contribution in [-0.2, 0) is 13.1 Å². The van der Waals surface area contributed by atoms with Crippen molar-refractivity contribution in [3.8, 4) is 11.3 Å². The van der Waals surface area contributed by atoms with E-state index in [1.54, 1.807) is 0 Å². The molecule has 0 aliphatic carbocycles. The Hall–Kier alpha value is -2.40. The molecule has 0 saturated heterocycles. The van der Waals surface area contributed by atoms with Crippen LogP contribution in [0.4, 0.5) is 0 Å². The molecule has 0 bridgehead atoms. The second kappa shape index (κ2) is 6.58. The van der Waals surface area contributed by atoms with Crippen molar-refractivity contribution in [3.05, 3.63) is 60.0 Å². The first-order valence-electron chi connectivity index (χ1n) is 7.52. The molecule has 1 unspecified atom stereocenters. The molecule has 0 aliphatic rings. The van der Waals surface area contributed by atoms with Crippen molar-refractivity contribution in [2.24, 2.45) is 0 Å². The van der Waals surface area contributed by atoms with Crippen LogP contribution in [0.3, 0.4) is 0 Å². The number of aromatic amines is 1. The van der Waals surface area contributed by atoms with Gasteiger partial charge in [-0.15, -0.1) is 0 Å². The molecule has 1 atom stereocenters. The van der Waals surface area contributed by atoms with Gasteiger partial charge in [-0.3, -0.25) is 9.78 Å². The highest BCUT2D eigenvalue weighted by Gasteiger charge is 2.09. The van der Waals surface area contributed by atoms with Crippen molar-refractivity contribution in [1.29, 1.82) is 0 Å². The summed E-state index contributed by atoms with van der Waals surface area (Å²) in [6.45, 7) is 5.85. The number of aromatic nitrogens is 4. The van der Waals surface area contributed by atoms with Crippen molar-refractivity contribution in [2.75, 3.05) is 0 Å². The molecule has 2 N–H and O–H groups in total. The Labute approximate surface area is 130 Å². The number of rotatable bonds is 6. The highest BCUT2D eigenvalue weighted by Crippen LogP contribution is 2.20. The van der Waals surface area contributed by atoms with Gasteiger partial charge in [-0.05, 0) is 25.0 Å². The molecule has 2 heterocycles. The summed E-state index contributed by atoms with van der Waals surface area (Å²) >= 11 is 0. The van der Waals surface area contributed by atoms with Crippen LogP contribution in [0, 0.1) is 6.92 Å². The number of benzene rings is 1. The van der Waals surface area contributed by atoms with Crippen molar-refractivity contribution in [2.45, 2.75) is 33.0 Å². The standard InChI is InChI=1S/C17H21N5/c1-13-8-20-22(11-13)12-14(2)18-9-16-10-19-21-17(16)15-6-4-3-5-7-15/h3-8,10-11,14,18H,9,12H2,1-2H3,(H,19,21). The summed E-state index contributed by atoms with van der Waals surface area (Å²) in [6, 6.07) is 10.6. The van der Waals surface area contributed by atoms with E-state index < -0.39 is 0 Å².